The summed E-state index contributed by atoms with van der Waals surface area (Å²) in [5, 5.41) is 15.0. The van der Waals surface area contributed by atoms with E-state index in [-0.39, 0.29) is 23.3 Å². The van der Waals surface area contributed by atoms with Crippen LogP contribution in [0.25, 0.3) is 0 Å². The van der Waals surface area contributed by atoms with Gasteiger partial charge in [-0.05, 0) is 44.0 Å². The molecule has 0 saturated carbocycles. The lowest BCUT2D eigenvalue weighted by atomic mass is 10.2. The van der Waals surface area contributed by atoms with Gasteiger partial charge in [0.15, 0.2) is 0 Å². The van der Waals surface area contributed by atoms with Crippen molar-refractivity contribution in [2.75, 3.05) is 6.61 Å². The molecule has 1 N–H and O–H groups in total. The Morgan fingerprint density at radius 1 is 1.55 bits per heavy atom. The topological polar surface area (TPSA) is 81.9 Å². The van der Waals surface area contributed by atoms with E-state index < -0.39 is 0 Å². The zero-order chi connectivity index (χ0) is 14.5. The molecular weight excluding hydrogens is 278 g/mol. The third kappa shape index (κ3) is 4.17. The van der Waals surface area contributed by atoms with Gasteiger partial charge in [0.1, 0.15) is 0 Å². The van der Waals surface area contributed by atoms with Gasteiger partial charge in [-0.25, -0.2) is 4.68 Å². The number of nitrogens with zero attached hydrogens (tertiary/aromatic N) is 4. The van der Waals surface area contributed by atoms with Gasteiger partial charge in [-0.3, -0.25) is 4.79 Å². The highest BCUT2D eigenvalue weighted by molar-refractivity contribution is 8.00. The number of aromatic nitrogens is 4. The molecule has 1 aliphatic heterocycles. The number of hydrogen-bond acceptors (Lipinski definition) is 6. The van der Waals surface area contributed by atoms with Gasteiger partial charge in [-0.1, -0.05) is 11.8 Å². The molecule has 1 fully saturated rings. The fourth-order valence-electron chi connectivity index (χ4n) is 1.99. The maximum Gasteiger partial charge on any atom is 0.233 e. The number of hydrogen-bond donors (Lipinski definition) is 1. The number of thioether (sulfide) groups is 1. The van der Waals surface area contributed by atoms with E-state index in [9.17, 15) is 4.79 Å². The van der Waals surface area contributed by atoms with Crippen molar-refractivity contribution < 1.29 is 9.53 Å². The molecule has 2 atom stereocenters. The zero-order valence-electron chi connectivity index (χ0n) is 12.1. The SMILES string of the molecule is CC(C)NC(=O)[C@@H](C)Sc1nnnn1C[C@H]1CCCO1. The lowest BCUT2D eigenvalue weighted by Gasteiger charge is -2.14. The first-order chi connectivity index (χ1) is 9.56. The highest BCUT2D eigenvalue weighted by Gasteiger charge is 2.22. The second kappa shape index (κ2) is 7.03. The summed E-state index contributed by atoms with van der Waals surface area (Å²) in [6.07, 6.45) is 2.30. The van der Waals surface area contributed by atoms with Crippen molar-refractivity contribution >= 4 is 17.7 Å². The first kappa shape index (κ1) is 15.2. The number of rotatable bonds is 6. The molecule has 1 aromatic rings. The van der Waals surface area contributed by atoms with Crippen LogP contribution in [0.3, 0.4) is 0 Å². The van der Waals surface area contributed by atoms with E-state index >= 15 is 0 Å². The predicted octanol–water partition coefficient (Wildman–Crippen LogP) is 0.857. The summed E-state index contributed by atoms with van der Waals surface area (Å²) in [6, 6.07) is 0.133. The fraction of sp³-hybridized carbons (Fsp3) is 0.833. The number of ether oxygens (including phenoxy) is 1. The standard InChI is InChI=1S/C12H21N5O2S/c1-8(2)13-11(18)9(3)20-12-14-15-16-17(12)7-10-5-4-6-19-10/h8-10H,4-7H2,1-3H3,(H,13,18)/t9-,10-/m1/s1. The fourth-order valence-corrected chi connectivity index (χ4v) is 2.80. The van der Waals surface area contributed by atoms with Crippen molar-refractivity contribution in [1.29, 1.82) is 0 Å². The van der Waals surface area contributed by atoms with Crippen molar-refractivity contribution in [1.82, 2.24) is 25.5 Å². The first-order valence-electron chi connectivity index (χ1n) is 6.91. The summed E-state index contributed by atoms with van der Waals surface area (Å²) in [6.45, 7) is 7.19. The molecule has 0 aromatic carbocycles. The lowest BCUT2D eigenvalue weighted by Crippen LogP contribution is -2.36. The number of carbonyl (C=O) groups is 1. The van der Waals surface area contributed by atoms with Crippen LogP contribution in [0.2, 0.25) is 0 Å². The number of amides is 1. The van der Waals surface area contributed by atoms with Crippen LogP contribution in [0, 0.1) is 0 Å². The first-order valence-corrected chi connectivity index (χ1v) is 7.79. The van der Waals surface area contributed by atoms with Crippen LogP contribution >= 0.6 is 11.8 Å². The average Bonchev–Trinajstić information content (AvgIpc) is 3.01. The third-order valence-electron chi connectivity index (χ3n) is 2.98. The molecular formula is C12H21N5O2S. The molecule has 1 aliphatic rings. The van der Waals surface area contributed by atoms with Gasteiger partial charge in [0, 0.05) is 12.6 Å². The normalized spacial score (nSPS) is 20.3. The Hall–Kier alpha value is -1.15. The van der Waals surface area contributed by atoms with Crippen LogP contribution < -0.4 is 5.32 Å². The summed E-state index contributed by atoms with van der Waals surface area (Å²) in [4.78, 5) is 11.9. The van der Waals surface area contributed by atoms with E-state index in [1.54, 1.807) is 4.68 Å². The van der Waals surface area contributed by atoms with E-state index in [1.807, 2.05) is 20.8 Å². The average molecular weight is 299 g/mol. The molecule has 1 aromatic heterocycles. The van der Waals surface area contributed by atoms with E-state index in [4.69, 9.17) is 4.74 Å². The van der Waals surface area contributed by atoms with E-state index in [1.165, 1.54) is 11.8 Å². The number of nitrogens with one attached hydrogen (secondary N) is 1. The van der Waals surface area contributed by atoms with Gasteiger partial charge >= 0.3 is 0 Å². The summed E-state index contributed by atoms with van der Waals surface area (Å²) in [7, 11) is 0. The summed E-state index contributed by atoms with van der Waals surface area (Å²) in [5.41, 5.74) is 0. The van der Waals surface area contributed by atoms with Crippen LogP contribution in [-0.2, 0) is 16.1 Å². The van der Waals surface area contributed by atoms with Crippen LogP contribution in [0.5, 0.6) is 0 Å². The van der Waals surface area contributed by atoms with Gasteiger partial charge in [-0.15, -0.1) is 5.10 Å². The largest absolute Gasteiger partial charge is 0.376 e. The van der Waals surface area contributed by atoms with Crippen molar-refractivity contribution in [3.05, 3.63) is 0 Å². The highest BCUT2D eigenvalue weighted by atomic mass is 32.2. The molecule has 0 radical (unpaired) electrons. The minimum absolute atomic E-state index is 0.00309. The Labute approximate surface area is 122 Å². The second-order valence-electron chi connectivity index (χ2n) is 5.20. The Morgan fingerprint density at radius 3 is 3.00 bits per heavy atom. The summed E-state index contributed by atoms with van der Waals surface area (Å²) < 4.78 is 7.30. The summed E-state index contributed by atoms with van der Waals surface area (Å²) in [5.74, 6) is -0.00309. The zero-order valence-corrected chi connectivity index (χ0v) is 12.9. The van der Waals surface area contributed by atoms with Crippen molar-refractivity contribution in [3.8, 4) is 0 Å². The van der Waals surface area contributed by atoms with Crippen LogP contribution in [-0.4, -0.2) is 50.1 Å². The van der Waals surface area contributed by atoms with Crippen molar-refractivity contribution in [2.45, 2.75) is 62.7 Å². The number of tetrazole rings is 1. The van der Waals surface area contributed by atoms with Crippen molar-refractivity contribution in [2.24, 2.45) is 0 Å². The number of carbonyl (C=O) groups excluding carboxylic acids is 1. The van der Waals surface area contributed by atoms with Crippen molar-refractivity contribution in [3.63, 3.8) is 0 Å². The second-order valence-corrected chi connectivity index (χ2v) is 6.51. The highest BCUT2D eigenvalue weighted by Crippen LogP contribution is 2.22. The van der Waals surface area contributed by atoms with Gasteiger partial charge < -0.3 is 10.1 Å². The Bertz CT molecular complexity index is 445. The van der Waals surface area contributed by atoms with Gasteiger partial charge in [-0.2, -0.15) is 0 Å². The van der Waals surface area contributed by atoms with Gasteiger partial charge in [0.25, 0.3) is 0 Å². The van der Waals surface area contributed by atoms with Gasteiger partial charge in [0.2, 0.25) is 11.1 Å². The molecule has 0 unspecified atom stereocenters. The molecule has 8 heteroatoms. The molecule has 0 bridgehead atoms. The summed E-state index contributed by atoms with van der Waals surface area (Å²) >= 11 is 1.37. The predicted molar refractivity (Wildman–Crippen MR) is 75.4 cm³/mol. The molecule has 7 nitrogen and oxygen atoms in total. The minimum Gasteiger partial charge on any atom is -0.376 e. The Kier molecular flexibility index (Phi) is 5.36. The third-order valence-corrected chi connectivity index (χ3v) is 4.05. The molecule has 1 saturated heterocycles. The molecule has 2 heterocycles. The van der Waals surface area contributed by atoms with E-state index in [2.05, 4.69) is 20.8 Å². The molecule has 2 rings (SSSR count). The van der Waals surface area contributed by atoms with E-state index in [0.717, 1.165) is 19.4 Å². The lowest BCUT2D eigenvalue weighted by molar-refractivity contribution is -0.120. The van der Waals surface area contributed by atoms with E-state index in [0.29, 0.717) is 11.7 Å². The van der Waals surface area contributed by atoms with Crippen LogP contribution in [0.15, 0.2) is 5.16 Å². The molecule has 1 amide bonds. The monoisotopic (exact) mass is 299 g/mol. The quantitative estimate of drug-likeness (QED) is 0.785. The van der Waals surface area contributed by atoms with Crippen LogP contribution in [0.1, 0.15) is 33.6 Å². The Balaban J connectivity index is 1.92. The maximum absolute atomic E-state index is 11.9. The minimum atomic E-state index is -0.230. The smallest absolute Gasteiger partial charge is 0.233 e. The molecule has 0 aliphatic carbocycles. The molecule has 20 heavy (non-hydrogen) atoms. The van der Waals surface area contributed by atoms with Gasteiger partial charge in [0.05, 0.1) is 17.9 Å². The molecule has 0 spiro atoms. The maximum atomic E-state index is 11.9. The molecule has 112 valence electrons. The Morgan fingerprint density at radius 2 is 2.35 bits per heavy atom. The van der Waals surface area contributed by atoms with Crippen LogP contribution in [0.4, 0.5) is 0 Å².